The van der Waals surface area contributed by atoms with E-state index in [1.807, 2.05) is 83.2 Å². The predicted molar refractivity (Wildman–Crippen MR) is 182 cm³/mol. The molecule has 1 aromatic heterocycles. The SMILES string of the molecule is C=CC(C)(C)c1[nH]c2ccccc2c1/C=C1\NC(=O)C2(CC(C)C=CC2/C=C/c2c(O)cc(CC=C(C)C)c(O)c2C=O)NC1=O. The molecule has 5 rings (SSSR count). The van der Waals surface area contributed by atoms with Gasteiger partial charge in [-0.3, -0.25) is 14.4 Å². The predicted octanol–water partition coefficient (Wildman–Crippen LogP) is 6.62. The maximum absolute atomic E-state index is 14.0. The Hall–Kier alpha value is -5.11. The molecule has 8 heteroatoms. The number of aromatic hydroxyl groups is 2. The zero-order valence-corrected chi connectivity index (χ0v) is 26.9. The maximum atomic E-state index is 14.0. The number of aldehydes is 1. The van der Waals surface area contributed by atoms with Gasteiger partial charge in [-0.25, -0.2) is 0 Å². The molecule has 2 aromatic carbocycles. The summed E-state index contributed by atoms with van der Waals surface area (Å²) in [5.74, 6) is -1.78. The van der Waals surface area contributed by atoms with Crippen molar-refractivity contribution < 1.29 is 24.6 Å². The topological polar surface area (TPSA) is 132 Å². The molecule has 238 valence electrons. The lowest BCUT2D eigenvalue weighted by molar-refractivity contribution is -0.138. The lowest BCUT2D eigenvalue weighted by Gasteiger charge is -2.44. The third kappa shape index (κ3) is 5.83. The van der Waals surface area contributed by atoms with Crippen LogP contribution in [0.3, 0.4) is 0 Å². The molecule has 5 N–H and O–H groups in total. The molecule has 2 aliphatic rings. The number of benzene rings is 2. The highest BCUT2D eigenvalue weighted by Crippen LogP contribution is 2.39. The van der Waals surface area contributed by atoms with Gasteiger partial charge in [-0.05, 0) is 50.8 Å². The molecule has 1 aliphatic heterocycles. The molecule has 3 unspecified atom stereocenters. The van der Waals surface area contributed by atoms with E-state index in [9.17, 15) is 24.6 Å². The van der Waals surface area contributed by atoms with Gasteiger partial charge < -0.3 is 25.8 Å². The number of para-hydroxylation sites is 1. The highest BCUT2D eigenvalue weighted by molar-refractivity contribution is 6.10. The van der Waals surface area contributed by atoms with E-state index in [1.54, 1.807) is 12.2 Å². The maximum Gasteiger partial charge on any atom is 0.268 e. The van der Waals surface area contributed by atoms with Crippen molar-refractivity contribution in [2.24, 2.45) is 11.8 Å². The third-order valence-corrected chi connectivity index (χ3v) is 9.04. The number of phenols is 2. The summed E-state index contributed by atoms with van der Waals surface area (Å²) in [5.41, 5.74) is 2.49. The molecule has 3 aromatic rings. The van der Waals surface area contributed by atoms with E-state index in [1.165, 1.54) is 12.1 Å². The number of fused-ring (bicyclic) bond motifs is 1. The molecule has 46 heavy (non-hydrogen) atoms. The van der Waals surface area contributed by atoms with Gasteiger partial charge in [0.2, 0.25) is 0 Å². The number of carbonyl (C=O) groups excluding carboxylic acids is 3. The van der Waals surface area contributed by atoms with Crippen molar-refractivity contribution in [1.82, 2.24) is 15.6 Å². The standard InChI is InChI=1S/C38H41N3O5/c1-7-37(5,6)34-28(26-10-8-9-11-30(26)39-34)19-31-35(45)41-38(36(46)40-31)20-23(4)13-15-25(38)16-17-27-29(21-42)33(44)24(18-32(27)43)14-12-22(2)3/h7-13,15-19,21,23,25,39,43-44H,1,14,20H2,2-6H3,(H,40,46)(H,41,45)/b17-16+,31-19-. The first-order chi connectivity index (χ1) is 21.8. The molecule has 3 atom stereocenters. The Bertz CT molecular complexity index is 1870. The number of piperazine rings is 1. The van der Waals surface area contributed by atoms with Crippen LogP contribution in [0.25, 0.3) is 23.1 Å². The number of nitrogens with one attached hydrogen (secondary N) is 3. The average Bonchev–Trinajstić information content (AvgIpc) is 3.39. The summed E-state index contributed by atoms with van der Waals surface area (Å²) < 4.78 is 0. The van der Waals surface area contributed by atoms with Crippen LogP contribution in [0.15, 0.2) is 78.6 Å². The second-order valence-electron chi connectivity index (χ2n) is 13.1. The number of phenolic OH excluding ortho intramolecular Hbond substituents is 2. The minimum Gasteiger partial charge on any atom is -0.507 e. The van der Waals surface area contributed by atoms with Crippen molar-refractivity contribution in [3.63, 3.8) is 0 Å². The van der Waals surface area contributed by atoms with Crippen LogP contribution in [0.1, 0.15) is 73.8 Å². The second kappa shape index (κ2) is 12.4. The second-order valence-corrected chi connectivity index (χ2v) is 13.1. The highest BCUT2D eigenvalue weighted by Gasteiger charge is 2.50. The van der Waals surface area contributed by atoms with Gasteiger partial charge in [-0.2, -0.15) is 0 Å². The third-order valence-electron chi connectivity index (χ3n) is 9.04. The number of rotatable bonds is 8. The number of H-pyrrole nitrogens is 1. The summed E-state index contributed by atoms with van der Waals surface area (Å²) in [6.45, 7) is 13.9. The number of allylic oxidation sites excluding steroid dienone is 4. The number of hydrogen-bond donors (Lipinski definition) is 5. The molecule has 0 radical (unpaired) electrons. The van der Waals surface area contributed by atoms with Gasteiger partial charge in [-0.1, -0.05) is 81.0 Å². The van der Waals surface area contributed by atoms with E-state index in [2.05, 4.69) is 22.2 Å². The smallest absolute Gasteiger partial charge is 0.268 e. The minimum absolute atomic E-state index is 0.00724. The van der Waals surface area contributed by atoms with Crippen LogP contribution in [-0.4, -0.2) is 38.8 Å². The fourth-order valence-electron chi connectivity index (χ4n) is 6.29. The zero-order valence-electron chi connectivity index (χ0n) is 26.9. The molecule has 1 fully saturated rings. The molecule has 8 nitrogen and oxygen atoms in total. The fraction of sp³-hybridized carbons (Fsp3) is 0.289. The van der Waals surface area contributed by atoms with E-state index < -0.39 is 22.8 Å². The van der Waals surface area contributed by atoms with Gasteiger partial charge in [0.1, 0.15) is 22.7 Å². The Balaban J connectivity index is 1.52. The highest BCUT2D eigenvalue weighted by atomic mass is 16.3. The summed E-state index contributed by atoms with van der Waals surface area (Å²) in [6, 6.07) is 9.23. The van der Waals surface area contributed by atoms with Gasteiger partial charge in [0.05, 0.1) is 5.56 Å². The van der Waals surface area contributed by atoms with Crippen LogP contribution >= 0.6 is 0 Å². The zero-order chi connectivity index (χ0) is 33.4. The Morgan fingerprint density at radius 1 is 1.11 bits per heavy atom. The van der Waals surface area contributed by atoms with Crippen molar-refractivity contribution >= 4 is 41.2 Å². The van der Waals surface area contributed by atoms with Gasteiger partial charge in [0.25, 0.3) is 11.8 Å². The van der Waals surface area contributed by atoms with Crippen LogP contribution in [0.2, 0.25) is 0 Å². The van der Waals surface area contributed by atoms with Gasteiger partial charge in [0, 0.05) is 44.6 Å². The number of aromatic amines is 1. The van der Waals surface area contributed by atoms with Crippen molar-refractivity contribution in [2.45, 2.75) is 58.4 Å². The van der Waals surface area contributed by atoms with E-state index in [-0.39, 0.29) is 40.1 Å². The Labute approximate surface area is 269 Å². The van der Waals surface area contributed by atoms with Crippen LogP contribution in [0.5, 0.6) is 11.5 Å². The average molecular weight is 620 g/mol. The summed E-state index contributed by atoms with van der Waals surface area (Å²) >= 11 is 0. The first-order valence-corrected chi connectivity index (χ1v) is 15.4. The molecule has 0 bridgehead atoms. The van der Waals surface area contributed by atoms with Gasteiger partial charge >= 0.3 is 0 Å². The number of hydrogen-bond acceptors (Lipinski definition) is 5. The number of aromatic nitrogens is 1. The quantitative estimate of drug-likeness (QED) is 0.0838. The van der Waals surface area contributed by atoms with Gasteiger partial charge in [-0.15, -0.1) is 6.58 Å². The molecule has 1 spiro atoms. The Kier molecular flexibility index (Phi) is 8.67. The van der Waals surface area contributed by atoms with E-state index in [4.69, 9.17) is 0 Å². The molecular formula is C38H41N3O5. The lowest BCUT2D eigenvalue weighted by atomic mass is 9.71. The molecule has 2 heterocycles. The normalized spacial score (nSPS) is 22.3. The summed E-state index contributed by atoms with van der Waals surface area (Å²) in [4.78, 5) is 43.3. The molecule has 2 amide bonds. The Morgan fingerprint density at radius 3 is 2.54 bits per heavy atom. The van der Waals surface area contributed by atoms with E-state index in [0.717, 1.165) is 27.7 Å². The summed E-state index contributed by atoms with van der Waals surface area (Å²) in [5, 5.41) is 28.5. The fourth-order valence-corrected chi connectivity index (χ4v) is 6.29. The molecule has 0 saturated carbocycles. The van der Waals surface area contributed by atoms with Crippen LogP contribution in [0, 0.1) is 11.8 Å². The molecule has 1 saturated heterocycles. The number of carbonyl (C=O) groups is 3. The van der Waals surface area contributed by atoms with Crippen LogP contribution in [0.4, 0.5) is 0 Å². The Morgan fingerprint density at radius 2 is 1.85 bits per heavy atom. The molecule has 1 aliphatic carbocycles. The van der Waals surface area contributed by atoms with Crippen LogP contribution in [-0.2, 0) is 21.4 Å². The summed E-state index contributed by atoms with van der Waals surface area (Å²) in [6.07, 6.45) is 13.7. The van der Waals surface area contributed by atoms with Crippen LogP contribution < -0.4 is 10.6 Å². The molecular weight excluding hydrogens is 578 g/mol. The van der Waals surface area contributed by atoms with E-state index >= 15 is 0 Å². The van der Waals surface area contributed by atoms with Crippen molar-refractivity contribution in [1.29, 1.82) is 0 Å². The number of amides is 2. The lowest BCUT2D eigenvalue weighted by Crippen LogP contribution is -2.68. The van der Waals surface area contributed by atoms with Gasteiger partial charge in [0.15, 0.2) is 6.29 Å². The van der Waals surface area contributed by atoms with E-state index in [0.29, 0.717) is 24.7 Å². The first-order valence-electron chi connectivity index (χ1n) is 15.4. The van der Waals surface area contributed by atoms with Crippen molar-refractivity contribution in [3.8, 4) is 11.5 Å². The summed E-state index contributed by atoms with van der Waals surface area (Å²) in [7, 11) is 0. The largest absolute Gasteiger partial charge is 0.507 e. The van der Waals surface area contributed by atoms with Crippen molar-refractivity contribution in [3.05, 3.63) is 107 Å². The first kappa shape index (κ1) is 32.3. The van der Waals surface area contributed by atoms with Crippen molar-refractivity contribution in [2.75, 3.05) is 0 Å². The minimum atomic E-state index is -1.31. The monoisotopic (exact) mass is 619 g/mol.